The number of piperidine rings is 1. The van der Waals surface area contributed by atoms with Gasteiger partial charge >= 0.3 is 6.03 Å². The molecule has 2 aliphatic rings. The number of hydrogen-bond acceptors (Lipinski definition) is 4. The number of aliphatic hydroxyl groups is 1. The molecular weight excluding hydrogens is 339 g/mol. The van der Waals surface area contributed by atoms with E-state index in [1.165, 1.54) is 12.1 Å². The Bertz CT molecular complexity index is 654. The summed E-state index contributed by atoms with van der Waals surface area (Å²) < 4.78 is 13.0. The van der Waals surface area contributed by atoms with Crippen molar-refractivity contribution in [3.05, 3.63) is 35.6 Å². The monoisotopic (exact) mass is 364 g/mol. The zero-order valence-electron chi connectivity index (χ0n) is 14.7. The number of nitrogens with zero attached hydrogens (tertiary/aromatic N) is 2. The number of benzene rings is 1. The molecular formula is C18H25FN4O3. The van der Waals surface area contributed by atoms with Gasteiger partial charge in [-0.15, -0.1) is 0 Å². The lowest BCUT2D eigenvalue weighted by molar-refractivity contribution is -0.157. The van der Waals surface area contributed by atoms with E-state index < -0.39 is 5.60 Å². The summed E-state index contributed by atoms with van der Waals surface area (Å²) in [5, 5.41) is 16.6. The standard InChI is InChI=1S/C18H25FN4O3/c19-15-4-2-14(3-5-15)12-23-9-1-6-18(26,16(23)24)13-20-7-10-22-11-8-21-17(22)25/h2-5,20,26H,1,6-13H2,(H,21,25)/t18-/m0/s1. The fourth-order valence-corrected chi connectivity index (χ4v) is 3.42. The van der Waals surface area contributed by atoms with E-state index in [9.17, 15) is 19.1 Å². The maximum absolute atomic E-state index is 13.0. The quantitative estimate of drug-likeness (QED) is 0.608. The van der Waals surface area contributed by atoms with Gasteiger partial charge in [0.15, 0.2) is 5.60 Å². The normalized spacial score (nSPS) is 23.5. The lowest BCUT2D eigenvalue weighted by atomic mass is 9.91. The van der Waals surface area contributed by atoms with Gasteiger partial charge in [0.1, 0.15) is 5.82 Å². The van der Waals surface area contributed by atoms with Gasteiger partial charge in [0.25, 0.3) is 5.91 Å². The molecule has 0 spiro atoms. The number of carbonyl (C=O) groups is 2. The number of carbonyl (C=O) groups excluding carboxylic acids is 2. The van der Waals surface area contributed by atoms with Gasteiger partial charge in [0.05, 0.1) is 0 Å². The molecule has 0 radical (unpaired) electrons. The molecule has 2 fully saturated rings. The van der Waals surface area contributed by atoms with Crippen molar-refractivity contribution >= 4 is 11.9 Å². The van der Waals surface area contributed by atoms with Crippen LogP contribution in [0.3, 0.4) is 0 Å². The van der Waals surface area contributed by atoms with E-state index in [-0.39, 0.29) is 24.3 Å². The topological polar surface area (TPSA) is 84.9 Å². The van der Waals surface area contributed by atoms with Crippen molar-refractivity contribution in [3.8, 4) is 0 Å². The summed E-state index contributed by atoms with van der Waals surface area (Å²) in [6.07, 6.45) is 1.11. The number of nitrogens with one attached hydrogen (secondary N) is 2. The molecule has 3 rings (SSSR count). The highest BCUT2D eigenvalue weighted by Gasteiger charge is 2.41. The third kappa shape index (κ3) is 4.31. The van der Waals surface area contributed by atoms with Crippen LogP contribution in [0.5, 0.6) is 0 Å². The van der Waals surface area contributed by atoms with Crippen molar-refractivity contribution in [2.45, 2.75) is 25.0 Å². The molecule has 1 atom stereocenters. The van der Waals surface area contributed by atoms with Crippen LogP contribution in [0.2, 0.25) is 0 Å². The molecule has 1 aromatic rings. The zero-order valence-corrected chi connectivity index (χ0v) is 14.7. The summed E-state index contributed by atoms with van der Waals surface area (Å²) in [5.74, 6) is -0.620. The van der Waals surface area contributed by atoms with E-state index in [4.69, 9.17) is 0 Å². The highest BCUT2D eigenvalue weighted by atomic mass is 19.1. The maximum atomic E-state index is 13.0. The van der Waals surface area contributed by atoms with Gasteiger partial charge < -0.3 is 25.5 Å². The second-order valence-corrected chi connectivity index (χ2v) is 6.88. The Morgan fingerprint density at radius 1 is 1.19 bits per heavy atom. The molecule has 2 heterocycles. The molecule has 3 amide bonds. The maximum Gasteiger partial charge on any atom is 0.317 e. The fraction of sp³-hybridized carbons (Fsp3) is 0.556. The second-order valence-electron chi connectivity index (χ2n) is 6.88. The number of urea groups is 1. The largest absolute Gasteiger partial charge is 0.379 e. The molecule has 1 aromatic carbocycles. The Balaban J connectivity index is 1.50. The van der Waals surface area contributed by atoms with Crippen LogP contribution in [0.4, 0.5) is 9.18 Å². The average Bonchev–Trinajstić information content (AvgIpc) is 3.03. The first-order valence-electron chi connectivity index (χ1n) is 8.98. The predicted molar refractivity (Wildman–Crippen MR) is 93.8 cm³/mol. The van der Waals surface area contributed by atoms with Crippen LogP contribution >= 0.6 is 0 Å². The second kappa shape index (κ2) is 8.01. The molecule has 2 saturated heterocycles. The third-order valence-corrected chi connectivity index (χ3v) is 4.91. The van der Waals surface area contributed by atoms with Crippen LogP contribution < -0.4 is 10.6 Å². The fourth-order valence-electron chi connectivity index (χ4n) is 3.42. The number of halogens is 1. The van der Waals surface area contributed by atoms with Crippen LogP contribution in [-0.2, 0) is 11.3 Å². The molecule has 7 nitrogen and oxygen atoms in total. The molecule has 0 unspecified atom stereocenters. The van der Waals surface area contributed by atoms with E-state index in [2.05, 4.69) is 10.6 Å². The summed E-state index contributed by atoms with van der Waals surface area (Å²) in [6, 6.07) is 5.95. The van der Waals surface area contributed by atoms with Gasteiger partial charge in [-0.1, -0.05) is 12.1 Å². The van der Waals surface area contributed by atoms with Gasteiger partial charge in [0, 0.05) is 45.8 Å². The van der Waals surface area contributed by atoms with Gasteiger partial charge in [-0.2, -0.15) is 0 Å². The summed E-state index contributed by atoms with van der Waals surface area (Å²) in [6.45, 7) is 3.47. The first-order valence-corrected chi connectivity index (χ1v) is 8.98. The molecule has 26 heavy (non-hydrogen) atoms. The van der Waals surface area contributed by atoms with Crippen LogP contribution in [0.25, 0.3) is 0 Å². The Morgan fingerprint density at radius 3 is 2.65 bits per heavy atom. The number of rotatable bonds is 7. The van der Waals surface area contributed by atoms with E-state index >= 15 is 0 Å². The van der Waals surface area contributed by atoms with Crippen molar-refractivity contribution < 1.29 is 19.1 Å². The summed E-state index contributed by atoms with van der Waals surface area (Å²) in [5.41, 5.74) is -0.608. The smallest absolute Gasteiger partial charge is 0.317 e. The minimum Gasteiger partial charge on any atom is -0.379 e. The van der Waals surface area contributed by atoms with Crippen molar-refractivity contribution in [2.75, 3.05) is 39.3 Å². The summed E-state index contributed by atoms with van der Waals surface area (Å²) >= 11 is 0. The van der Waals surface area contributed by atoms with E-state index in [1.54, 1.807) is 21.9 Å². The minimum atomic E-state index is -1.44. The lowest BCUT2D eigenvalue weighted by Crippen LogP contribution is -2.58. The number of likely N-dealkylation sites (tertiary alicyclic amines) is 1. The summed E-state index contributed by atoms with van der Waals surface area (Å²) in [4.78, 5) is 27.5. The molecule has 0 aliphatic carbocycles. The molecule has 8 heteroatoms. The van der Waals surface area contributed by atoms with E-state index in [0.29, 0.717) is 52.1 Å². The minimum absolute atomic E-state index is 0.0790. The highest BCUT2D eigenvalue weighted by Crippen LogP contribution is 2.23. The first-order chi connectivity index (χ1) is 12.5. The zero-order chi connectivity index (χ0) is 18.6. The Labute approximate surface area is 152 Å². The van der Waals surface area contributed by atoms with E-state index in [0.717, 1.165) is 5.56 Å². The molecule has 0 saturated carbocycles. The molecule has 0 bridgehead atoms. The average molecular weight is 364 g/mol. The highest BCUT2D eigenvalue weighted by molar-refractivity contribution is 5.86. The lowest BCUT2D eigenvalue weighted by Gasteiger charge is -2.38. The molecule has 142 valence electrons. The van der Waals surface area contributed by atoms with Crippen LogP contribution in [-0.4, -0.2) is 71.7 Å². The Morgan fingerprint density at radius 2 is 1.96 bits per heavy atom. The van der Waals surface area contributed by atoms with E-state index in [1.807, 2.05) is 0 Å². The first kappa shape index (κ1) is 18.6. The number of hydrogen-bond donors (Lipinski definition) is 3. The van der Waals surface area contributed by atoms with Crippen molar-refractivity contribution in [1.82, 2.24) is 20.4 Å². The molecule has 0 aromatic heterocycles. The van der Waals surface area contributed by atoms with Crippen LogP contribution in [0, 0.1) is 5.82 Å². The van der Waals surface area contributed by atoms with Crippen molar-refractivity contribution in [1.29, 1.82) is 0 Å². The number of amides is 3. The van der Waals surface area contributed by atoms with Crippen LogP contribution in [0.1, 0.15) is 18.4 Å². The Kier molecular flexibility index (Phi) is 5.73. The SMILES string of the molecule is O=C1NCCN1CCNC[C@@]1(O)CCCN(Cc2ccc(F)cc2)C1=O. The molecule has 2 aliphatic heterocycles. The van der Waals surface area contributed by atoms with Crippen molar-refractivity contribution in [2.24, 2.45) is 0 Å². The third-order valence-electron chi connectivity index (χ3n) is 4.91. The predicted octanol–water partition coefficient (Wildman–Crippen LogP) is 0.294. The van der Waals surface area contributed by atoms with Crippen molar-refractivity contribution in [3.63, 3.8) is 0 Å². The van der Waals surface area contributed by atoms with Gasteiger partial charge in [-0.25, -0.2) is 9.18 Å². The Hall–Kier alpha value is -2.19. The van der Waals surface area contributed by atoms with Gasteiger partial charge in [-0.3, -0.25) is 4.79 Å². The van der Waals surface area contributed by atoms with Gasteiger partial charge in [-0.05, 0) is 30.5 Å². The summed E-state index contributed by atoms with van der Waals surface area (Å²) in [7, 11) is 0. The van der Waals surface area contributed by atoms with Crippen LogP contribution in [0.15, 0.2) is 24.3 Å². The molecule has 3 N–H and O–H groups in total. The van der Waals surface area contributed by atoms with Gasteiger partial charge in [0.2, 0.25) is 0 Å².